The van der Waals surface area contributed by atoms with Gasteiger partial charge in [-0.15, -0.1) is 0 Å². The molecular formula is C13H13N4O5P. The molecule has 1 aromatic carbocycles. The average molecular weight is 336 g/mol. The van der Waals surface area contributed by atoms with Crippen LogP contribution < -0.4 is 15.6 Å². The van der Waals surface area contributed by atoms with E-state index in [9.17, 15) is 9.36 Å². The number of rotatable bonds is 5. The van der Waals surface area contributed by atoms with Crippen LogP contribution in [-0.2, 0) is 11.1 Å². The van der Waals surface area contributed by atoms with Gasteiger partial charge in [0, 0.05) is 0 Å². The van der Waals surface area contributed by atoms with E-state index in [4.69, 9.17) is 14.5 Å². The molecule has 3 rings (SSSR count). The first kappa shape index (κ1) is 15.4. The minimum Gasteiger partial charge on any atom is -0.492 e. The molecule has 23 heavy (non-hydrogen) atoms. The summed E-state index contributed by atoms with van der Waals surface area (Å²) < 4.78 is 18.3. The normalized spacial score (nSPS) is 11.7. The zero-order chi connectivity index (χ0) is 16.4. The molecule has 0 aliphatic heterocycles. The van der Waals surface area contributed by atoms with Crippen LogP contribution in [-0.4, -0.2) is 35.9 Å². The summed E-state index contributed by atoms with van der Waals surface area (Å²) in [6.45, 7) is 0.711. The van der Waals surface area contributed by atoms with Gasteiger partial charge in [0.25, 0.3) is 5.56 Å². The minimum atomic E-state index is -4.24. The summed E-state index contributed by atoms with van der Waals surface area (Å²) in [5.74, 6) is 0.484. The summed E-state index contributed by atoms with van der Waals surface area (Å²) in [6.07, 6.45) is 2.82. The van der Waals surface area contributed by atoms with E-state index in [-0.39, 0.29) is 23.0 Å². The van der Waals surface area contributed by atoms with Crippen molar-refractivity contribution in [3.63, 3.8) is 0 Å². The van der Waals surface area contributed by atoms with Crippen molar-refractivity contribution >= 4 is 24.1 Å². The van der Waals surface area contributed by atoms with Gasteiger partial charge in [0.1, 0.15) is 12.4 Å². The first-order valence-electron chi connectivity index (χ1n) is 6.62. The first-order valence-corrected chi connectivity index (χ1v) is 8.24. The monoisotopic (exact) mass is 336 g/mol. The molecule has 0 aliphatic carbocycles. The number of benzene rings is 1. The number of aromatic amines is 1. The molecule has 0 amide bonds. The van der Waals surface area contributed by atoms with E-state index in [0.29, 0.717) is 17.9 Å². The van der Waals surface area contributed by atoms with Crippen LogP contribution in [0.15, 0.2) is 41.7 Å². The number of ether oxygens (including phenoxy) is 1. The van der Waals surface area contributed by atoms with Gasteiger partial charge in [-0.1, -0.05) is 0 Å². The summed E-state index contributed by atoms with van der Waals surface area (Å²) in [5, 5.41) is -0.0612. The fraction of sp³-hybridized carbons (Fsp3) is 0.154. The van der Waals surface area contributed by atoms with E-state index in [0.717, 1.165) is 0 Å². The Balaban J connectivity index is 1.66. The zero-order valence-electron chi connectivity index (χ0n) is 11.8. The van der Waals surface area contributed by atoms with Gasteiger partial charge >= 0.3 is 7.60 Å². The minimum absolute atomic E-state index is 0.0612. The number of hydrogen-bond acceptors (Lipinski definition) is 5. The topological polar surface area (TPSA) is 130 Å². The lowest BCUT2D eigenvalue weighted by Crippen LogP contribution is -2.11. The van der Waals surface area contributed by atoms with Crippen LogP contribution in [0.5, 0.6) is 5.75 Å². The van der Waals surface area contributed by atoms with Gasteiger partial charge in [-0.25, -0.2) is 9.97 Å². The molecule has 9 nitrogen and oxygen atoms in total. The van der Waals surface area contributed by atoms with Crippen molar-refractivity contribution in [3.05, 3.63) is 47.3 Å². The van der Waals surface area contributed by atoms with Crippen LogP contribution in [0.2, 0.25) is 0 Å². The Morgan fingerprint density at radius 3 is 2.65 bits per heavy atom. The van der Waals surface area contributed by atoms with Crippen LogP contribution in [0.1, 0.15) is 0 Å². The van der Waals surface area contributed by atoms with Crippen LogP contribution in [0, 0.1) is 0 Å². The smallest absolute Gasteiger partial charge is 0.356 e. The highest BCUT2D eigenvalue weighted by atomic mass is 31.2. The molecule has 0 saturated carbocycles. The second-order valence-corrected chi connectivity index (χ2v) is 6.33. The standard InChI is InChI=1S/C13H13N4O5P/c18-13-11-12(14-7-15-13)17(8-16-11)5-6-22-9-1-3-10(4-2-9)23(19,20)21/h1-4,7-8H,5-6H2,(H,14,15,18)(H2,19,20,21). The number of nitrogens with one attached hydrogen (secondary N) is 1. The van der Waals surface area contributed by atoms with E-state index in [1.807, 2.05) is 0 Å². The SMILES string of the molecule is O=c1[nH]cnc2c1ncn2CCOc1ccc(P(=O)(O)O)cc1. The molecule has 0 aliphatic rings. The van der Waals surface area contributed by atoms with Gasteiger partial charge in [-0.2, -0.15) is 0 Å². The fourth-order valence-corrected chi connectivity index (χ4v) is 2.59. The third kappa shape index (κ3) is 3.31. The Labute approximate surface area is 129 Å². The van der Waals surface area contributed by atoms with Crippen molar-refractivity contribution in [2.45, 2.75) is 6.54 Å². The van der Waals surface area contributed by atoms with Gasteiger partial charge in [-0.05, 0) is 24.3 Å². The highest BCUT2D eigenvalue weighted by molar-refractivity contribution is 7.60. The first-order chi connectivity index (χ1) is 10.9. The molecule has 0 fully saturated rings. The van der Waals surface area contributed by atoms with Crippen molar-refractivity contribution in [2.75, 3.05) is 6.61 Å². The van der Waals surface area contributed by atoms with E-state index in [2.05, 4.69) is 15.0 Å². The number of aromatic nitrogens is 4. The van der Waals surface area contributed by atoms with Crippen LogP contribution in [0.4, 0.5) is 0 Å². The Bertz CT molecular complexity index is 927. The molecular weight excluding hydrogens is 323 g/mol. The van der Waals surface area contributed by atoms with Crippen LogP contribution in [0.3, 0.4) is 0 Å². The lowest BCUT2D eigenvalue weighted by Gasteiger charge is -2.08. The van der Waals surface area contributed by atoms with E-state index in [1.165, 1.54) is 36.9 Å². The summed E-state index contributed by atoms with van der Waals surface area (Å²) in [6, 6.07) is 5.63. The van der Waals surface area contributed by atoms with E-state index in [1.54, 1.807) is 4.57 Å². The molecule has 0 unspecified atom stereocenters. The molecule has 0 atom stereocenters. The average Bonchev–Trinajstić information content (AvgIpc) is 2.92. The van der Waals surface area contributed by atoms with Gasteiger partial charge < -0.3 is 24.1 Å². The molecule has 10 heteroatoms. The van der Waals surface area contributed by atoms with Crippen LogP contribution in [0.25, 0.3) is 11.2 Å². The maximum atomic E-state index is 11.5. The summed E-state index contributed by atoms with van der Waals surface area (Å²) >= 11 is 0. The van der Waals surface area contributed by atoms with E-state index >= 15 is 0 Å². The molecule has 0 bridgehead atoms. The van der Waals surface area contributed by atoms with Crippen molar-refractivity contribution < 1.29 is 19.1 Å². The lowest BCUT2D eigenvalue weighted by atomic mass is 10.3. The van der Waals surface area contributed by atoms with Crippen molar-refractivity contribution in [1.82, 2.24) is 19.5 Å². The predicted octanol–water partition coefficient (Wildman–Crippen LogP) is 0.00160. The lowest BCUT2D eigenvalue weighted by molar-refractivity contribution is 0.300. The van der Waals surface area contributed by atoms with Gasteiger partial charge in [-0.3, -0.25) is 9.36 Å². The Kier molecular flexibility index (Phi) is 3.99. The van der Waals surface area contributed by atoms with Gasteiger partial charge in [0.05, 0.1) is 24.5 Å². The molecule has 3 aromatic rings. The molecule has 120 valence electrons. The molecule has 3 N–H and O–H groups in total. The van der Waals surface area contributed by atoms with Crippen LogP contribution >= 0.6 is 7.60 Å². The Morgan fingerprint density at radius 2 is 1.96 bits per heavy atom. The third-order valence-electron chi connectivity index (χ3n) is 3.18. The largest absolute Gasteiger partial charge is 0.492 e. The molecule has 0 radical (unpaired) electrons. The number of fused-ring (bicyclic) bond motifs is 1. The number of hydrogen-bond donors (Lipinski definition) is 3. The maximum Gasteiger partial charge on any atom is 0.356 e. The van der Waals surface area contributed by atoms with Gasteiger partial charge in [0.2, 0.25) is 0 Å². The highest BCUT2D eigenvalue weighted by Gasteiger charge is 2.16. The zero-order valence-corrected chi connectivity index (χ0v) is 12.7. The van der Waals surface area contributed by atoms with Crippen molar-refractivity contribution in [3.8, 4) is 5.75 Å². The number of imidazole rings is 1. The van der Waals surface area contributed by atoms with Crippen molar-refractivity contribution in [2.24, 2.45) is 0 Å². The highest BCUT2D eigenvalue weighted by Crippen LogP contribution is 2.33. The van der Waals surface area contributed by atoms with E-state index < -0.39 is 7.60 Å². The maximum absolute atomic E-state index is 11.5. The molecule has 2 aromatic heterocycles. The van der Waals surface area contributed by atoms with Crippen molar-refractivity contribution in [1.29, 1.82) is 0 Å². The fourth-order valence-electron chi connectivity index (χ4n) is 2.05. The molecule has 2 heterocycles. The predicted molar refractivity (Wildman–Crippen MR) is 81.8 cm³/mol. The number of nitrogens with zero attached hydrogens (tertiary/aromatic N) is 3. The quantitative estimate of drug-likeness (QED) is 0.559. The summed E-state index contributed by atoms with van der Waals surface area (Å²) in [5.41, 5.74) is 0.426. The second-order valence-electron chi connectivity index (χ2n) is 4.73. The molecule has 0 saturated heterocycles. The number of H-pyrrole nitrogens is 1. The third-order valence-corrected chi connectivity index (χ3v) is 4.15. The molecule has 0 spiro atoms. The Morgan fingerprint density at radius 1 is 1.22 bits per heavy atom. The summed E-state index contributed by atoms with van der Waals surface area (Å²) in [7, 11) is -4.24. The Hall–Kier alpha value is -2.48. The van der Waals surface area contributed by atoms with Gasteiger partial charge in [0.15, 0.2) is 11.2 Å². The second kappa shape index (κ2) is 5.96. The summed E-state index contributed by atoms with van der Waals surface area (Å²) in [4.78, 5) is 40.1.